The molecule has 0 aliphatic heterocycles. The lowest BCUT2D eigenvalue weighted by Gasteiger charge is -2.15. The molecule has 104 valence electrons. The van der Waals surface area contributed by atoms with E-state index in [4.69, 9.17) is 17.0 Å². The second kappa shape index (κ2) is 4.45. The SMILES string of the molecule is COCCC1(Cn2c(=S)[nH]c3c(C)nn(C)c32)CC1. The van der Waals surface area contributed by atoms with Crippen LogP contribution in [0.2, 0.25) is 0 Å². The van der Waals surface area contributed by atoms with Crippen molar-refractivity contribution in [3.63, 3.8) is 0 Å². The number of nitrogens with one attached hydrogen (secondary N) is 1. The van der Waals surface area contributed by atoms with Crippen LogP contribution in [0.5, 0.6) is 0 Å². The van der Waals surface area contributed by atoms with Crippen LogP contribution in [0.3, 0.4) is 0 Å². The number of nitrogens with zero attached hydrogens (tertiary/aromatic N) is 3. The van der Waals surface area contributed by atoms with Crippen LogP contribution in [0.1, 0.15) is 25.0 Å². The van der Waals surface area contributed by atoms with Gasteiger partial charge in [-0.3, -0.25) is 4.68 Å². The molecule has 0 aromatic carbocycles. The predicted molar refractivity (Wildman–Crippen MR) is 76.8 cm³/mol. The molecule has 0 bridgehead atoms. The van der Waals surface area contributed by atoms with Crippen molar-refractivity contribution in [2.75, 3.05) is 13.7 Å². The topological polar surface area (TPSA) is 47.8 Å². The number of imidazole rings is 1. The quantitative estimate of drug-likeness (QED) is 0.856. The molecule has 5 nitrogen and oxygen atoms in total. The number of aryl methyl sites for hydroxylation is 2. The predicted octanol–water partition coefficient (Wildman–Crippen LogP) is 2.56. The van der Waals surface area contributed by atoms with Crippen molar-refractivity contribution in [3.05, 3.63) is 10.5 Å². The molecule has 0 amide bonds. The average molecular weight is 280 g/mol. The van der Waals surface area contributed by atoms with E-state index in [1.807, 2.05) is 18.7 Å². The summed E-state index contributed by atoms with van der Waals surface area (Å²) in [6, 6.07) is 0. The first-order valence-electron chi connectivity index (χ1n) is 6.67. The molecule has 0 atom stereocenters. The van der Waals surface area contributed by atoms with Gasteiger partial charge in [-0.15, -0.1) is 0 Å². The first-order chi connectivity index (χ1) is 9.06. The van der Waals surface area contributed by atoms with Gasteiger partial charge in [0.05, 0.1) is 5.69 Å². The molecule has 0 unspecified atom stereocenters. The lowest BCUT2D eigenvalue weighted by molar-refractivity contribution is 0.167. The summed E-state index contributed by atoms with van der Waals surface area (Å²) < 4.78 is 10.1. The van der Waals surface area contributed by atoms with Gasteiger partial charge < -0.3 is 14.3 Å². The Hall–Kier alpha value is -1.14. The number of ether oxygens (including phenoxy) is 1. The molecule has 1 aliphatic carbocycles. The summed E-state index contributed by atoms with van der Waals surface area (Å²) in [6.45, 7) is 3.80. The van der Waals surface area contributed by atoms with Crippen LogP contribution in [0.15, 0.2) is 0 Å². The van der Waals surface area contributed by atoms with Crippen molar-refractivity contribution in [1.29, 1.82) is 0 Å². The maximum Gasteiger partial charge on any atom is 0.179 e. The molecule has 2 aromatic heterocycles. The molecule has 2 aromatic rings. The third-order valence-electron chi connectivity index (χ3n) is 4.21. The largest absolute Gasteiger partial charge is 0.385 e. The number of aromatic nitrogens is 4. The lowest BCUT2D eigenvalue weighted by Crippen LogP contribution is -2.15. The summed E-state index contributed by atoms with van der Waals surface area (Å²) in [5.74, 6) is 0. The third-order valence-corrected chi connectivity index (χ3v) is 4.53. The Balaban J connectivity index is 1.97. The Morgan fingerprint density at radius 3 is 2.84 bits per heavy atom. The van der Waals surface area contributed by atoms with Crippen molar-refractivity contribution in [2.45, 2.75) is 32.7 Å². The van der Waals surface area contributed by atoms with Crippen LogP contribution in [0.4, 0.5) is 0 Å². The highest BCUT2D eigenvalue weighted by molar-refractivity contribution is 7.71. The van der Waals surface area contributed by atoms with Gasteiger partial charge in [0.1, 0.15) is 5.52 Å². The van der Waals surface area contributed by atoms with E-state index in [0.29, 0.717) is 5.41 Å². The highest BCUT2D eigenvalue weighted by atomic mass is 32.1. The maximum atomic E-state index is 5.47. The monoisotopic (exact) mass is 280 g/mol. The maximum absolute atomic E-state index is 5.47. The number of hydrogen-bond acceptors (Lipinski definition) is 3. The van der Waals surface area contributed by atoms with E-state index in [-0.39, 0.29) is 0 Å². The van der Waals surface area contributed by atoms with Gasteiger partial charge in [0, 0.05) is 27.3 Å². The van der Waals surface area contributed by atoms with Crippen molar-refractivity contribution < 1.29 is 4.74 Å². The van der Waals surface area contributed by atoms with Crippen molar-refractivity contribution in [2.24, 2.45) is 12.5 Å². The molecule has 2 heterocycles. The van der Waals surface area contributed by atoms with Gasteiger partial charge in [-0.05, 0) is 43.8 Å². The Bertz CT molecular complexity index is 662. The van der Waals surface area contributed by atoms with Gasteiger partial charge in [-0.25, -0.2) is 0 Å². The van der Waals surface area contributed by atoms with Gasteiger partial charge in [-0.1, -0.05) is 0 Å². The van der Waals surface area contributed by atoms with E-state index in [1.54, 1.807) is 7.11 Å². The van der Waals surface area contributed by atoms with Gasteiger partial charge in [0.15, 0.2) is 10.4 Å². The van der Waals surface area contributed by atoms with E-state index in [0.717, 1.165) is 41.2 Å². The lowest BCUT2D eigenvalue weighted by atomic mass is 10.0. The second-order valence-corrected chi connectivity index (χ2v) is 6.05. The highest BCUT2D eigenvalue weighted by Gasteiger charge is 2.42. The molecular formula is C13H20N4OS. The molecule has 1 N–H and O–H groups in total. The zero-order valence-electron chi connectivity index (χ0n) is 11.7. The standard InChI is InChI=1S/C13H20N4OS/c1-9-10-11(16(2)15-9)17(12(19)14-10)8-13(4-5-13)6-7-18-3/h4-8H2,1-3H3,(H,14,19). The van der Waals surface area contributed by atoms with Crippen molar-refractivity contribution >= 4 is 23.4 Å². The molecule has 0 spiro atoms. The van der Waals surface area contributed by atoms with Crippen LogP contribution in [-0.4, -0.2) is 33.0 Å². The first kappa shape index (κ1) is 12.9. The molecule has 19 heavy (non-hydrogen) atoms. The summed E-state index contributed by atoms with van der Waals surface area (Å²) in [4.78, 5) is 3.29. The summed E-state index contributed by atoms with van der Waals surface area (Å²) in [6.07, 6.45) is 3.64. The van der Waals surface area contributed by atoms with Crippen LogP contribution in [0.25, 0.3) is 11.2 Å². The number of hydrogen-bond donors (Lipinski definition) is 1. The van der Waals surface area contributed by atoms with Crippen LogP contribution in [0, 0.1) is 17.1 Å². The van der Waals surface area contributed by atoms with Crippen LogP contribution >= 0.6 is 12.2 Å². The van der Waals surface area contributed by atoms with Gasteiger partial charge in [0.2, 0.25) is 0 Å². The van der Waals surface area contributed by atoms with Crippen molar-refractivity contribution in [1.82, 2.24) is 19.3 Å². The van der Waals surface area contributed by atoms with Gasteiger partial charge in [-0.2, -0.15) is 5.10 Å². The summed E-state index contributed by atoms with van der Waals surface area (Å²) in [7, 11) is 3.74. The fourth-order valence-electron chi connectivity index (χ4n) is 2.84. The normalized spacial score (nSPS) is 17.2. The number of aromatic amines is 1. The van der Waals surface area contributed by atoms with Crippen molar-refractivity contribution in [3.8, 4) is 0 Å². The fraction of sp³-hybridized carbons (Fsp3) is 0.692. The van der Waals surface area contributed by atoms with E-state index in [1.165, 1.54) is 12.8 Å². The summed E-state index contributed by atoms with van der Waals surface area (Å²) >= 11 is 5.47. The highest BCUT2D eigenvalue weighted by Crippen LogP contribution is 2.50. The van der Waals surface area contributed by atoms with E-state index in [9.17, 15) is 0 Å². The average Bonchev–Trinajstić information content (AvgIpc) is 2.98. The second-order valence-electron chi connectivity index (χ2n) is 5.67. The Kier molecular flexibility index (Phi) is 3.02. The third kappa shape index (κ3) is 2.12. The summed E-state index contributed by atoms with van der Waals surface area (Å²) in [5, 5.41) is 4.46. The number of methoxy groups -OCH3 is 1. The minimum atomic E-state index is 0.377. The van der Waals surface area contributed by atoms with E-state index < -0.39 is 0 Å². The van der Waals surface area contributed by atoms with E-state index >= 15 is 0 Å². The summed E-state index contributed by atoms with van der Waals surface area (Å²) in [5.41, 5.74) is 3.55. The van der Waals surface area contributed by atoms with E-state index in [2.05, 4.69) is 14.6 Å². The zero-order chi connectivity index (χ0) is 13.6. The minimum Gasteiger partial charge on any atom is -0.385 e. The smallest absolute Gasteiger partial charge is 0.179 e. The minimum absolute atomic E-state index is 0.377. The zero-order valence-corrected chi connectivity index (χ0v) is 12.5. The van der Waals surface area contributed by atoms with Gasteiger partial charge >= 0.3 is 0 Å². The number of H-pyrrole nitrogens is 1. The molecule has 3 rings (SSSR count). The molecule has 1 aliphatic rings. The van der Waals surface area contributed by atoms with Crippen LogP contribution < -0.4 is 0 Å². The molecule has 1 saturated carbocycles. The Labute approximate surface area is 117 Å². The molecule has 6 heteroatoms. The Morgan fingerprint density at radius 2 is 2.21 bits per heavy atom. The van der Waals surface area contributed by atoms with Gasteiger partial charge in [0.25, 0.3) is 0 Å². The number of rotatable bonds is 5. The first-order valence-corrected chi connectivity index (χ1v) is 7.08. The molecule has 1 fully saturated rings. The molecular weight excluding hydrogens is 260 g/mol. The van der Waals surface area contributed by atoms with Crippen LogP contribution in [-0.2, 0) is 18.3 Å². The Morgan fingerprint density at radius 1 is 1.47 bits per heavy atom. The fourth-order valence-corrected chi connectivity index (χ4v) is 3.09. The molecule has 0 radical (unpaired) electrons. The molecule has 0 saturated heterocycles. The number of fused-ring (bicyclic) bond motifs is 1.